The van der Waals surface area contributed by atoms with Crippen molar-refractivity contribution in [3.8, 4) is 5.75 Å². The summed E-state index contributed by atoms with van der Waals surface area (Å²) in [7, 11) is 1.58. The molecule has 1 saturated carbocycles. The molecule has 1 aliphatic carbocycles. The van der Waals surface area contributed by atoms with Crippen molar-refractivity contribution < 1.29 is 19.1 Å². The minimum atomic E-state index is -0.362. The molecule has 0 bridgehead atoms. The Morgan fingerprint density at radius 3 is 2.38 bits per heavy atom. The number of ether oxygens (including phenoxy) is 1. The Balaban J connectivity index is 1.50. The van der Waals surface area contributed by atoms with Gasteiger partial charge in [0.05, 0.1) is 13.7 Å². The van der Waals surface area contributed by atoms with E-state index in [1.54, 1.807) is 31.4 Å². The van der Waals surface area contributed by atoms with Crippen molar-refractivity contribution in [3.63, 3.8) is 0 Å². The average molecular weight is 405 g/mol. The molecule has 2 rings (SSSR count). The summed E-state index contributed by atoms with van der Waals surface area (Å²) in [4.78, 5) is 35.3. The lowest BCUT2D eigenvalue weighted by atomic mass is 9.96. The number of amides is 4. The molecule has 160 valence electrons. The fraction of sp³-hybridized carbons (Fsp3) is 0.550. The second kappa shape index (κ2) is 12.5. The highest BCUT2D eigenvalue weighted by atomic mass is 16.5. The molecule has 1 aromatic rings. The number of rotatable bonds is 9. The quantitative estimate of drug-likeness (QED) is 0.316. The van der Waals surface area contributed by atoms with Gasteiger partial charge < -0.3 is 20.7 Å². The molecule has 9 heteroatoms. The smallest absolute Gasteiger partial charge is 0.315 e. The van der Waals surface area contributed by atoms with Crippen molar-refractivity contribution in [3.05, 3.63) is 24.3 Å². The van der Waals surface area contributed by atoms with Crippen molar-refractivity contribution in [2.24, 2.45) is 0 Å². The number of anilines is 1. The van der Waals surface area contributed by atoms with Gasteiger partial charge in [0.1, 0.15) is 5.75 Å². The first-order chi connectivity index (χ1) is 14.1. The van der Waals surface area contributed by atoms with Crippen LogP contribution >= 0.6 is 0 Å². The molecule has 29 heavy (non-hydrogen) atoms. The van der Waals surface area contributed by atoms with E-state index in [1.807, 2.05) is 0 Å². The van der Waals surface area contributed by atoms with Crippen LogP contribution in [0.15, 0.2) is 24.3 Å². The molecule has 1 aromatic carbocycles. The topological polar surface area (TPSA) is 121 Å². The summed E-state index contributed by atoms with van der Waals surface area (Å²) < 4.78 is 5.07. The Morgan fingerprint density at radius 2 is 1.69 bits per heavy atom. The highest BCUT2D eigenvalue weighted by Crippen LogP contribution is 2.17. The molecule has 0 unspecified atom stereocenters. The Kier molecular flexibility index (Phi) is 9.61. The third-order valence-corrected chi connectivity index (χ3v) is 4.69. The maximum Gasteiger partial charge on any atom is 0.315 e. The largest absolute Gasteiger partial charge is 0.497 e. The van der Waals surface area contributed by atoms with E-state index in [0.29, 0.717) is 13.0 Å². The minimum Gasteiger partial charge on any atom is -0.497 e. The lowest BCUT2D eigenvalue weighted by molar-refractivity contribution is -0.128. The van der Waals surface area contributed by atoms with E-state index < -0.39 is 0 Å². The minimum absolute atomic E-state index is 0.0233. The summed E-state index contributed by atoms with van der Waals surface area (Å²) in [5.74, 6) is 0.0599. The molecular formula is C20H31N5O4. The summed E-state index contributed by atoms with van der Waals surface area (Å²) in [6, 6.07) is 7.23. The normalized spacial score (nSPS) is 13.8. The fourth-order valence-corrected chi connectivity index (χ4v) is 3.07. The highest BCUT2D eigenvalue weighted by molar-refractivity contribution is 5.84. The zero-order chi connectivity index (χ0) is 20.9. The SMILES string of the molecule is COc1ccc(NCC(=O)NNC(=O)CCCNC(=O)NC2CCCCC2)cc1. The molecule has 4 amide bonds. The van der Waals surface area contributed by atoms with E-state index in [4.69, 9.17) is 4.74 Å². The summed E-state index contributed by atoms with van der Waals surface area (Å²) in [5.41, 5.74) is 5.49. The van der Waals surface area contributed by atoms with Crippen LogP contribution in [0.5, 0.6) is 5.75 Å². The number of hydrazine groups is 1. The van der Waals surface area contributed by atoms with Gasteiger partial charge in [0.25, 0.3) is 5.91 Å². The van der Waals surface area contributed by atoms with Crippen molar-refractivity contribution in [1.82, 2.24) is 21.5 Å². The van der Waals surface area contributed by atoms with Crippen LogP contribution in [0, 0.1) is 0 Å². The van der Waals surface area contributed by atoms with Crippen molar-refractivity contribution >= 4 is 23.5 Å². The van der Waals surface area contributed by atoms with Gasteiger partial charge in [-0.05, 0) is 43.5 Å². The lowest BCUT2D eigenvalue weighted by Crippen LogP contribution is -2.45. The lowest BCUT2D eigenvalue weighted by Gasteiger charge is -2.22. The van der Waals surface area contributed by atoms with Gasteiger partial charge in [-0.15, -0.1) is 0 Å². The van der Waals surface area contributed by atoms with Gasteiger partial charge in [-0.1, -0.05) is 19.3 Å². The van der Waals surface area contributed by atoms with Crippen LogP contribution in [0.2, 0.25) is 0 Å². The van der Waals surface area contributed by atoms with Crippen molar-refractivity contribution in [2.75, 3.05) is 25.5 Å². The molecule has 5 N–H and O–H groups in total. The number of hydrogen-bond donors (Lipinski definition) is 5. The van der Waals surface area contributed by atoms with E-state index in [2.05, 4.69) is 26.8 Å². The van der Waals surface area contributed by atoms with Gasteiger partial charge in [0.2, 0.25) is 5.91 Å². The molecule has 1 fully saturated rings. The number of carbonyl (C=O) groups excluding carboxylic acids is 3. The predicted octanol–water partition coefficient (Wildman–Crippen LogP) is 1.67. The summed E-state index contributed by atoms with van der Waals surface area (Å²) in [6.45, 7) is 0.425. The molecule has 9 nitrogen and oxygen atoms in total. The van der Waals surface area contributed by atoms with Crippen LogP contribution in [0.3, 0.4) is 0 Å². The number of nitrogens with one attached hydrogen (secondary N) is 5. The van der Waals surface area contributed by atoms with Crippen LogP contribution in [0.4, 0.5) is 10.5 Å². The van der Waals surface area contributed by atoms with Crippen molar-refractivity contribution in [2.45, 2.75) is 51.0 Å². The van der Waals surface area contributed by atoms with Crippen LogP contribution in [-0.4, -0.2) is 44.1 Å². The van der Waals surface area contributed by atoms with Crippen LogP contribution < -0.4 is 31.5 Å². The molecule has 0 spiro atoms. The number of hydrogen-bond acceptors (Lipinski definition) is 5. The molecule has 0 aliphatic heterocycles. The first kappa shape index (κ1) is 22.3. The summed E-state index contributed by atoms with van der Waals surface area (Å²) in [5, 5.41) is 8.66. The second-order valence-electron chi connectivity index (χ2n) is 7.02. The Morgan fingerprint density at radius 1 is 1.00 bits per heavy atom. The van der Waals surface area contributed by atoms with E-state index in [9.17, 15) is 14.4 Å². The van der Waals surface area contributed by atoms with Gasteiger partial charge in [-0.2, -0.15) is 0 Å². The third-order valence-electron chi connectivity index (χ3n) is 4.69. The maximum absolute atomic E-state index is 11.8. The molecule has 1 aliphatic rings. The number of urea groups is 1. The average Bonchev–Trinajstić information content (AvgIpc) is 2.75. The zero-order valence-corrected chi connectivity index (χ0v) is 16.9. The number of methoxy groups -OCH3 is 1. The standard InChI is InChI=1S/C20H31N5O4/c1-29-17-11-9-15(10-12-17)22-14-19(27)25-24-18(26)8-5-13-21-20(28)23-16-6-3-2-4-7-16/h9-12,16,22H,2-8,13-14H2,1H3,(H,24,26)(H,25,27)(H2,21,23,28). The van der Waals surface area contributed by atoms with Crippen LogP contribution in [-0.2, 0) is 9.59 Å². The van der Waals surface area contributed by atoms with Crippen LogP contribution in [0.1, 0.15) is 44.9 Å². The van der Waals surface area contributed by atoms with Gasteiger partial charge in [-0.3, -0.25) is 20.4 Å². The Hall–Kier alpha value is -2.97. The Bertz CT molecular complexity index is 659. The molecular weight excluding hydrogens is 374 g/mol. The highest BCUT2D eigenvalue weighted by Gasteiger charge is 2.15. The number of carbonyl (C=O) groups is 3. The van der Waals surface area contributed by atoms with Crippen molar-refractivity contribution in [1.29, 1.82) is 0 Å². The van der Waals surface area contributed by atoms with E-state index in [1.165, 1.54) is 6.42 Å². The first-order valence-electron chi connectivity index (χ1n) is 10.1. The zero-order valence-electron chi connectivity index (χ0n) is 16.9. The van der Waals surface area contributed by atoms with Gasteiger partial charge >= 0.3 is 6.03 Å². The van der Waals surface area contributed by atoms with E-state index in [-0.39, 0.29) is 36.9 Å². The summed E-state index contributed by atoms with van der Waals surface area (Å²) in [6.07, 6.45) is 6.31. The molecule has 0 heterocycles. The maximum atomic E-state index is 11.8. The van der Waals surface area contributed by atoms with Gasteiger partial charge in [0, 0.05) is 24.7 Å². The fourth-order valence-electron chi connectivity index (χ4n) is 3.07. The first-order valence-corrected chi connectivity index (χ1v) is 10.1. The second-order valence-corrected chi connectivity index (χ2v) is 7.02. The van der Waals surface area contributed by atoms with E-state index in [0.717, 1.165) is 37.1 Å². The molecule has 0 radical (unpaired) electrons. The van der Waals surface area contributed by atoms with Crippen LogP contribution in [0.25, 0.3) is 0 Å². The van der Waals surface area contributed by atoms with Gasteiger partial charge in [0.15, 0.2) is 0 Å². The molecule has 0 atom stereocenters. The number of benzene rings is 1. The molecule has 0 saturated heterocycles. The third kappa shape index (κ3) is 9.18. The monoisotopic (exact) mass is 405 g/mol. The van der Waals surface area contributed by atoms with Gasteiger partial charge in [-0.25, -0.2) is 4.79 Å². The predicted molar refractivity (Wildman–Crippen MR) is 110 cm³/mol. The molecule has 0 aromatic heterocycles. The summed E-state index contributed by atoms with van der Waals surface area (Å²) >= 11 is 0. The van der Waals surface area contributed by atoms with E-state index >= 15 is 0 Å². The Labute approximate surface area is 171 Å².